The largest absolute Gasteiger partial charge is 0.462 e. The van der Waals surface area contributed by atoms with Gasteiger partial charge in [0, 0.05) is 5.56 Å². The molecular weight excluding hydrogens is 472 g/mol. The number of para-hydroxylation sites is 2. The van der Waals surface area contributed by atoms with Crippen molar-refractivity contribution in [2.24, 2.45) is 5.10 Å². The van der Waals surface area contributed by atoms with Crippen LogP contribution in [0.25, 0.3) is 27.2 Å². The number of esters is 1. The highest BCUT2D eigenvalue weighted by Crippen LogP contribution is 2.32. The fraction of sp³-hybridized carbons (Fsp3) is 0.0741. The summed E-state index contributed by atoms with van der Waals surface area (Å²) in [7, 11) is 0. The van der Waals surface area contributed by atoms with Crippen molar-refractivity contribution in [3.63, 3.8) is 0 Å². The SMILES string of the molecule is CCOC(=O)c1c(-c2ccccc2)nn(-c2ccccc2)c1N/N=C(\C#N)c1nc2ccccc2s1. The Labute approximate surface area is 211 Å². The van der Waals surface area contributed by atoms with Crippen molar-refractivity contribution in [2.75, 3.05) is 12.0 Å². The highest BCUT2D eigenvalue weighted by molar-refractivity contribution is 7.20. The summed E-state index contributed by atoms with van der Waals surface area (Å²) in [5, 5.41) is 19.4. The van der Waals surface area contributed by atoms with Crippen LogP contribution in [0.1, 0.15) is 22.3 Å². The zero-order valence-corrected chi connectivity index (χ0v) is 20.1. The van der Waals surface area contributed by atoms with Crippen LogP contribution in [0, 0.1) is 11.3 Å². The van der Waals surface area contributed by atoms with Crippen LogP contribution in [0.4, 0.5) is 5.82 Å². The molecule has 0 saturated carbocycles. The molecule has 0 amide bonds. The molecule has 36 heavy (non-hydrogen) atoms. The number of benzene rings is 3. The third-order valence-electron chi connectivity index (χ3n) is 5.29. The van der Waals surface area contributed by atoms with E-state index in [2.05, 4.69) is 21.6 Å². The number of nitriles is 1. The Morgan fingerprint density at radius 3 is 2.44 bits per heavy atom. The van der Waals surface area contributed by atoms with Gasteiger partial charge in [-0.1, -0.05) is 60.7 Å². The molecule has 5 rings (SSSR count). The Bertz CT molecular complexity index is 1570. The minimum atomic E-state index is -0.547. The molecule has 0 unspecified atom stereocenters. The van der Waals surface area contributed by atoms with Crippen LogP contribution in [-0.4, -0.2) is 33.1 Å². The van der Waals surface area contributed by atoms with Crippen LogP contribution in [0.3, 0.4) is 0 Å². The van der Waals surface area contributed by atoms with Gasteiger partial charge in [0.1, 0.15) is 17.3 Å². The van der Waals surface area contributed by atoms with Crippen LogP contribution in [0.15, 0.2) is 90.0 Å². The van der Waals surface area contributed by atoms with E-state index in [4.69, 9.17) is 9.84 Å². The lowest BCUT2D eigenvalue weighted by Crippen LogP contribution is -2.11. The summed E-state index contributed by atoms with van der Waals surface area (Å²) in [6, 6.07) is 28.5. The molecule has 0 aliphatic rings. The van der Waals surface area contributed by atoms with E-state index in [0.717, 1.165) is 15.8 Å². The summed E-state index contributed by atoms with van der Waals surface area (Å²) >= 11 is 1.37. The van der Waals surface area contributed by atoms with Crippen LogP contribution in [-0.2, 0) is 4.74 Å². The maximum atomic E-state index is 13.2. The van der Waals surface area contributed by atoms with Crippen molar-refractivity contribution >= 4 is 39.1 Å². The number of rotatable bonds is 7. The van der Waals surface area contributed by atoms with Gasteiger partial charge in [0.05, 0.1) is 22.5 Å². The molecule has 9 heteroatoms. The van der Waals surface area contributed by atoms with Crippen molar-refractivity contribution in [3.05, 3.63) is 95.5 Å². The first kappa shape index (κ1) is 23.0. The Kier molecular flexibility index (Phi) is 6.51. The molecule has 0 spiro atoms. The lowest BCUT2D eigenvalue weighted by atomic mass is 10.1. The molecule has 0 aliphatic heterocycles. The molecule has 3 aromatic carbocycles. The Morgan fingerprint density at radius 2 is 1.75 bits per heavy atom. The van der Waals surface area contributed by atoms with Gasteiger partial charge in [0.15, 0.2) is 16.5 Å². The van der Waals surface area contributed by atoms with Crippen molar-refractivity contribution < 1.29 is 9.53 Å². The lowest BCUT2D eigenvalue weighted by molar-refractivity contribution is 0.0528. The number of carbonyl (C=O) groups is 1. The number of hydrazone groups is 1. The van der Waals surface area contributed by atoms with E-state index in [-0.39, 0.29) is 23.7 Å². The Hall–Kier alpha value is -4.81. The second kappa shape index (κ2) is 10.2. The summed E-state index contributed by atoms with van der Waals surface area (Å²) < 4.78 is 7.92. The van der Waals surface area contributed by atoms with Crippen molar-refractivity contribution in [3.8, 4) is 23.0 Å². The van der Waals surface area contributed by atoms with Gasteiger partial charge in [-0.15, -0.1) is 11.3 Å². The van der Waals surface area contributed by atoms with E-state index < -0.39 is 5.97 Å². The number of thiazole rings is 1. The van der Waals surface area contributed by atoms with Crippen LogP contribution in [0.2, 0.25) is 0 Å². The van der Waals surface area contributed by atoms with E-state index >= 15 is 0 Å². The predicted octanol–water partition coefficient (Wildman–Crippen LogP) is 5.67. The first-order valence-electron chi connectivity index (χ1n) is 11.2. The number of carbonyl (C=O) groups excluding carboxylic acids is 1. The minimum absolute atomic E-state index is 0.0908. The summed E-state index contributed by atoms with van der Waals surface area (Å²) in [6.07, 6.45) is 0. The standard InChI is InChI=1S/C27H20N6O2S/c1-2-35-27(34)23-24(18-11-5-3-6-12-18)32-33(19-13-7-4-8-14-19)25(23)31-30-21(17-28)26-29-20-15-9-10-16-22(20)36-26/h3-16,31H,2H2,1H3/b30-21+. The Morgan fingerprint density at radius 1 is 1.06 bits per heavy atom. The molecule has 0 aliphatic carbocycles. The molecule has 2 heterocycles. The highest BCUT2D eigenvalue weighted by Gasteiger charge is 2.27. The number of nitrogens with one attached hydrogen (secondary N) is 1. The van der Waals surface area contributed by atoms with Gasteiger partial charge in [-0.05, 0) is 31.2 Å². The van der Waals surface area contributed by atoms with Gasteiger partial charge < -0.3 is 4.74 Å². The molecule has 176 valence electrons. The van der Waals surface area contributed by atoms with E-state index in [0.29, 0.717) is 16.4 Å². The van der Waals surface area contributed by atoms with Gasteiger partial charge in [-0.2, -0.15) is 15.5 Å². The van der Waals surface area contributed by atoms with E-state index in [1.807, 2.05) is 84.9 Å². The zero-order chi connectivity index (χ0) is 24.9. The lowest BCUT2D eigenvalue weighted by Gasteiger charge is -2.09. The number of fused-ring (bicyclic) bond motifs is 1. The van der Waals surface area contributed by atoms with E-state index in [1.54, 1.807) is 11.6 Å². The van der Waals surface area contributed by atoms with Crippen LogP contribution < -0.4 is 5.43 Å². The van der Waals surface area contributed by atoms with Crippen molar-refractivity contribution in [1.29, 1.82) is 5.26 Å². The number of nitrogens with zero attached hydrogens (tertiary/aromatic N) is 5. The highest BCUT2D eigenvalue weighted by atomic mass is 32.1. The second-order valence-corrected chi connectivity index (χ2v) is 8.61. The molecule has 0 fully saturated rings. The third kappa shape index (κ3) is 4.45. The summed E-state index contributed by atoms with van der Waals surface area (Å²) in [4.78, 5) is 17.7. The average Bonchev–Trinajstić information content (AvgIpc) is 3.52. The quantitative estimate of drug-likeness (QED) is 0.178. The molecule has 0 radical (unpaired) electrons. The maximum absolute atomic E-state index is 13.2. The molecule has 0 saturated heterocycles. The fourth-order valence-electron chi connectivity index (χ4n) is 3.68. The molecular formula is C27H20N6O2S. The van der Waals surface area contributed by atoms with Gasteiger partial charge in [0.2, 0.25) is 0 Å². The van der Waals surface area contributed by atoms with Gasteiger partial charge in [-0.25, -0.2) is 14.5 Å². The summed E-state index contributed by atoms with van der Waals surface area (Å²) in [5.41, 5.74) is 5.92. The molecule has 0 bridgehead atoms. The van der Waals surface area contributed by atoms with Crippen molar-refractivity contribution in [2.45, 2.75) is 6.92 Å². The molecule has 5 aromatic rings. The number of aromatic nitrogens is 3. The van der Waals surface area contributed by atoms with E-state index in [1.165, 1.54) is 11.3 Å². The van der Waals surface area contributed by atoms with Crippen molar-refractivity contribution in [1.82, 2.24) is 14.8 Å². The maximum Gasteiger partial charge on any atom is 0.344 e. The summed E-state index contributed by atoms with van der Waals surface area (Å²) in [5.74, 6) is -0.262. The number of hydrogen-bond donors (Lipinski definition) is 1. The van der Waals surface area contributed by atoms with Crippen LogP contribution >= 0.6 is 11.3 Å². The monoisotopic (exact) mass is 492 g/mol. The zero-order valence-electron chi connectivity index (χ0n) is 19.3. The van der Waals surface area contributed by atoms with Gasteiger partial charge in [0.25, 0.3) is 0 Å². The topological polar surface area (TPSA) is 105 Å². The Balaban J connectivity index is 1.67. The number of ether oxygens (including phenoxy) is 1. The molecule has 2 aromatic heterocycles. The first-order valence-corrected chi connectivity index (χ1v) is 12.0. The predicted molar refractivity (Wildman–Crippen MR) is 140 cm³/mol. The first-order chi connectivity index (χ1) is 17.7. The average molecular weight is 493 g/mol. The summed E-state index contributed by atoms with van der Waals surface area (Å²) in [6.45, 7) is 1.94. The van der Waals surface area contributed by atoms with Crippen LogP contribution in [0.5, 0.6) is 0 Å². The molecule has 1 N–H and O–H groups in total. The smallest absolute Gasteiger partial charge is 0.344 e. The molecule has 0 atom stereocenters. The third-order valence-corrected chi connectivity index (χ3v) is 6.33. The minimum Gasteiger partial charge on any atom is -0.462 e. The normalized spacial score (nSPS) is 11.3. The number of hydrogen-bond acceptors (Lipinski definition) is 8. The fourth-order valence-corrected chi connectivity index (χ4v) is 4.58. The van der Waals surface area contributed by atoms with E-state index in [9.17, 15) is 10.1 Å². The van der Waals surface area contributed by atoms with Gasteiger partial charge in [-0.3, -0.25) is 5.43 Å². The number of anilines is 1. The molecule has 8 nitrogen and oxygen atoms in total. The second-order valence-electron chi connectivity index (χ2n) is 7.58. The van der Waals surface area contributed by atoms with Gasteiger partial charge >= 0.3 is 5.97 Å².